The Balaban J connectivity index is 2.82. The number of benzene rings is 1. The fourth-order valence-electron chi connectivity index (χ4n) is 1.53. The van der Waals surface area contributed by atoms with Crippen LogP contribution in [-0.2, 0) is 0 Å². The molecule has 5 heteroatoms. The maximum atomic E-state index is 10.9. The normalized spacial score (nSPS) is 13.4. The Morgan fingerprint density at radius 3 is 2.59 bits per heavy atom. The van der Waals surface area contributed by atoms with Crippen molar-refractivity contribution in [2.75, 3.05) is 6.54 Å². The monoisotopic (exact) mass is 238 g/mol. The maximum Gasteiger partial charge on any atom is 0.274 e. The topological polar surface area (TPSA) is 75.4 Å². The largest absolute Gasteiger partial charge is 0.389 e. The highest BCUT2D eigenvalue weighted by Crippen LogP contribution is 2.24. The number of nitrogens with zero attached hydrogens (tertiary/aromatic N) is 1. The molecular weight excluding hydrogens is 220 g/mol. The summed E-state index contributed by atoms with van der Waals surface area (Å²) in [6, 6.07) is 6.44. The van der Waals surface area contributed by atoms with E-state index in [4.69, 9.17) is 0 Å². The zero-order valence-corrected chi connectivity index (χ0v) is 10.3. The number of rotatable bonds is 5. The molecule has 0 radical (unpaired) electrons. The summed E-state index contributed by atoms with van der Waals surface area (Å²) in [6.45, 7) is 5.59. The third kappa shape index (κ3) is 4.13. The van der Waals surface area contributed by atoms with E-state index < -0.39 is 10.5 Å². The van der Waals surface area contributed by atoms with Crippen LogP contribution in [0.1, 0.15) is 32.4 Å². The molecule has 1 rings (SSSR count). The number of nitrogens with one attached hydrogen (secondary N) is 1. The lowest BCUT2D eigenvalue weighted by molar-refractivity contribution is -0.385. The quantitative estimate of drug-likeness (QED) is 0.608. The lowest BCUT2D eigenvalue weighted by atomic mass is 10.0. The Kier molecular flexibility index (Phi) is 4.20. The van der Waals surface area contributed by atoms with Gasteiger partial charge in [-0.05, 0) is 20.8 Å². The van der Waals surface area contributed by atoms with Gasteiger partial charge in [0.25, 0.3) is 5.69 Å². The second-order valence-corrected chi connectivity index (χ2v) is 4.73. The molecule has 0 heterocycles. The first kappa shape index (κ1) is 13.6. The summed E-state index contributed by atoms with van der Waals surface area (Å²) in [7, 11) is 0. The van der Waals surface area contributed by atoms with Crippen LogP contribution < -0.4 is 5.32 Å². The summed E-state index contributed by atoms with van der Waals surface area (Å²) in [5.74, 6) is 0. The number of nitro groups is 1. The van der Waals surface area contributed by atoms with Crippen LogP contribution in [0, 0.1) is 10.1 Å². The predicted molar refractivity (Wildman–Crippen MR) is 65.8 cm³/mol. The molecule has 0 bridgehead atoms. The van der Waals surface area contributed by atoms with Gasteiger partial charge in [-0.15, -0.1) is 0 Å². The molecular formula is C12H18N2O3. The summed E-state index contributed by atoms with van der Waals surface area (Å²) in [6.07, 6.45) is 0. The molecule has 5 nitrogen and oxygen atoms in total. The average molecular weight is 238 g/mol. The molecule has 0 amide bonds. The first-order valence-corrected chi connectivity index (χ1v) is 5.50. The van der Waals surface area contributed by atoms with E-state index in [1.165, 1.54) is 6.07 Å². The molecule has 2 N–H and O–H groups in total. The van der Waals surface area contributed by atoms with Gasteiger partial charge < -0.3 is 10.4 Å². The Hall–Kier alpha value is -1.46. The second-order valence-electron chi connectivity index (χ2n) is 4.73. The van der Waals surface area contributed by atoms with Gasteiger partial charge in [-0.25, -0.2) is 0 Å². The van der Waals surface area contributed by atoms with Crippen LogP contribution >= 0.6 is 0 Å². The van der Waals surface area contributed by atoms with Gasteiger partial charge in [0.05, 0.1) is 10.5 Å². The van der Waals surface area contributed by atoms with Crippen molar-refractivity contribution in [3.63, 3.8) is 0 Å². The third-order valence-electron chi connectivity index (χ3n) is 2.44. The molecule has 1 aromatic rings. The summed E-state index contributed by atoms with van der Waals surface area (Å²) < 4.78 is 0. The van der Waals surface area contributed by atoms with Crippen LogP contribution in [0.3, 0.4) is 0 Å². The van der Waals surface area contributed by atoms with Crippen molar-refractivity contribution in [3.8, 4) is 0 Å². The fraction of sp³-hybridized carbons (Fsp3) is 0.500. The molecule has 0 aliphatic rings. The van der Waals surface area contributed by atoms with E-state index in [1.807, 2.05) is 6.92 Å². The molecule has 0 spiro atoms. The summed E-state index contributed by atoms with van der Waals surface area (Å²) in [4.78, 5) is 10.5. The van der Waals surface area contributed by atoms with Crippen molar-refractivity contribution in [2.45, 2.75) is 32.4 Å². The zero-order chi connectivity index (χ0) is 13.1. The van der Waals surface area contributed by atoms with Crippen LogP contribution in [0.15, 0.2) is 24.3 Å². The highest BCUT2D eigenvalue weighted by atomic mass is 16.6. The molecule has 0 aliphatic heterocycles. The van der Waals surface area contributed by atoms with Crippen LogP contribution in [0.5, 0.6) is 0 Å². The van der Waals surface area contributed by atoms with Crippen molar-refractivity contribution in [1.82, 2.24) is 5.32 Å². The molecule has 94 valence electrons. The number of aliphatic hydroxyl groups is 1. The predicted octanol–water partition coefficient (Wildman–Crippen LogP) is 2.02. The Labute approximate surface area is 101 Å². The molecule has 1 unspecified atom stereocenters. The molecule has 17 heavy (non-hydrogen) atoms. The van der Waals surface area contributed by atoms with Gasteiger partial charge in [-0.3, -0.25) is 10.1 Å². The Bertz CT molecular complexity index is 399. The van der Waals surface area contributed by atoms with E-state index >= 15 is 0 Å². The van der Waals surface area contributed by atoms with E-state index in [0.29, 0.717) is 12.1 Å². The smallest absolute Gasteiger partial charge is 0.274 e. The van der Waals surface area contributed by atoms with Gasteiger partial charge >= 0.3 is 0 Å². The Morgan fingerprint density at radius 1 is 1.47 bits per heavy atom. The molecule has 0 saturated carbocycles. The van der Waals surface area contributed by atoms with Gasteiger partial charge in [-0.1, -0.05) is 18.2 Å². The van der Waals surface area contributed by atoms with E-state index in [-0.39, 0.29) is 11.7 Å². The molecule has 1 aromatic carbocycles. The van der Waals surface area contributed by atoms with Crippen molar-refractivity contribution in [2.24, 2.45) is 0 Å². The molecule has 1 atom stereocenters. The van der Waals surface area contributed by atoms with Gasteiger partial charge in [0.15, 0.2) is 0 Å². The molecule has 0 aromatic heterocycles. The van der Waals surface area contributed by atoms with Gasteiger partial charge in [0.1, 0.15) is 0 Å². The SMILES string of the molecule is CC(NCC(C)(C)O)c1ccccc1[N+](=O)[O-]. The lowest BCUT2D eigenvalue weighted by Crippen LogP contribution is -2.36. The Morgan fingerprint density at radius 2 is 2.06 bits per heavy atom. The number of para-hydroxylation sites is 1. The van der Waals surface area contributed by atoms with Crippen LogP contribution in [-0.4, -0.2) is 22.2 Å². The average Bonchev–Trinajstić information content (AvgIpc) is 2.25. The van der Waals surface area contributed by atoms with Crippen molar-refractivity contribution < 1.29 is 10.0 Å². The van der Waals surface area contributed by atoms with Crippen LogP contribution in [0.4, 0.5) is 5.69 Å². The van der Waals surface area contributed by atoms with E-state index in [9.17, 15) is 15.2 Å². The van der Waals surface area contributed by atoms with E-state index in [1.54, 1.807) is 32.0 Å². The number of hydrogen-bond donors (Lipinski definition) is 2. The molecule has 0 aliphatic carbocycles. The molecule has 0 saturated heterocycles. The van der Waals surface area contributed by atoms with E-state index in [0.717, 1.165) is 0 Å². The lowest BCUT2D eigenvalue weighted by Gasteiger charge is -2.21. The summed E-state index contributed by atoms with van der Waals surface area (Å²) in [5.41, 5.74) is -0.109. The minimum absolute atomic E-state index is 0.100. The van der Waals surface area contributed by atoms with E-state index in [2.05, 4.69) is 5.32 Å². The van der Waals surface area contributed by atoms with Gasteiger partial charge in [-0.2, -0.15) is 0 Å². The molecule has 0 fully saturated rings. The fourth-order valence-corrected chi connectivity index (χ4v) is 1.53. The van der Waals surface area contributed by atoms with Gasteiger partial charge in [0.2, 0.25) is 0 Å². The van der Waals surface area contributed by atoms with Crippen LogP contribution in [0.2, 0.25) is 0 Å². The standard InChI is InChI=1S/C12H18N2O3/c1-9(13-8-12(2,3)15)10-6-4-5-7-11(10)14(16)17/h4-7,9,13,15H,8H2,1-3H3. The first-order chi connectivity index (χ1) is 7.81. The van der Waals surface area contributed by atoms with Crippen molar-refractivity contribution >= 4 is 5.69 Å². The van der Waals surface area contributed by atoms with Crippen molar-refractivity contribution in [1.29, 1.82) is 0 Å². The highest BCUT2D eigenvalue weighted by Gasteiger charge is 2.20. The summed E-state index contributed by atoms with van der Waals surface area (Å²) >= 11 is 0. The number of hydrogen-bond acceptors (Lipinski definition) is 4. The van der Waals surface area contributed by atoms with Crippen molar-refractivity contribution in [3.05, 3.63) is 39.9 Å². The number of nitro benzene ring substituents is 1. The minimum atomic E-state index is -0.835. The maximum absolute atomic E-state index is 10.9. The first-order valence-electron chi connectivity index (χ1n) is 5.50. The second kappa shape index (κ2) is 5.25. The zero-order valence-electron chi connectivity index (χ0n) is 10.3. The third-order valence-corrected chi connectivity index (χ3v) is 2.44. The van der Waals surface area contributed by atoms with Gasteiger partial charge in [0, 0.05) is 24.2 Å². The summed E-state index contributed by atoms with van der Waals surface area (Å²) in [5, 5.41) is 23.5. The van der Waals surface area contributed by atoms with Crippen LogP contribution in [0.25, 0.3) is 0 Å². The minimum Gasteiger partial charge on any atom is -0.389 e. The highest BCUT2D eigenvalue weighted by molar-refractivity contribution is 5.41.